The largest absolute Gasteiger partial charge is 0.340 e. The van der Waals surface area contributed by atoms with Crippen molar-refractivity contribution in [3.8, 4) is 0 Å². The van der Waals surface area contributed by atoms with Gasteiger partial charge in [-0.25, -0.2) is 0 Å². The van der Waals surface area contributed by atoms with Gasteiger partial charge in [-0.15, -0.1) is 0 Å². The van der Waals surface area contributed by atoms with Gasteiger partial charge in [0.1, 0.15) is 0 Å². The smallest absolute Gasteiger partial charge is 0.223 e. The molecule has 8 heteroatoms. The topological polar surface area (TPSA) is 75.2 Å². The molecule has 130 valence electrons. The summed E-state index contributed by atoms with van der Waals surface area (Å²) in [5.41, 5.74) is 2.50. The number of piperazine rings is 1. The zero-order valence-electron chi connectivity index (χ0n) is 14.2. The van der Waals surface area contributed by atoms with E-state index in [9.17, 15) is 0 Å². The summed E-state index contributed by atoms with van der Waals surface area (Å²) in [4.78, 5) is 9.15. The lowest BCUT2D eigenvalue weighted by Crippen LogP contribution is -2.45. The Labute approximate surface area is 141 Å². The van der Waals surface area contributed by atoms with Crippen molar-refractivity contribution in [3.05, 3.63) is 29.2 Å². The number of hydrogen-bond donors (Lipinski definition) is 1. The van der Waals surface area contributed by atoms with Gasteiger partial charge in [0.2, 0.25) is 5.89 Å². The monoisotopic (exact) mass is 331 g/mol. The molecule has 4 rings (SSSR count). The second kappa shape index (κ2) is 7.00. The maximum atomic E-state index is 5.04. The molecule has 2 aromatic heterocycles. The maximum Gasteiger partial charge on any atom is 0.223 e. The molecule has 1 fully saturated rings. The van der Waals surface area contributed by atoms with Crippen LogP contribution in [-0.4, -0.2) is 62.4 Å². The quantitative estimate of drug-likeness (QED) is 0.868. The van der Waals surface area contributed by atoms with E-state index in [0.29, 0.717) is 5.89 Å². The van der Waals surface area contributed by atoms with E-state index >= 15 is 0 Å². The standard InChI is InChI=1S/C16H25N7O/c1-13-18-16(20-24-13)12-22-7-5-21(6-8-22)11-14-9-15-10-17-3-2-4-23(15)19-14/h9,17H,2-8,10-12H2,1H3. The van der Waals surface area contributed by atoms with Gasteiger partial charge >= 0.3 is 0 Å². The SMILES string of the molecule is Cc1nc(CN2CCN(Cc3cc4n(n3)CCCNC4)CC2)no1. The molecule has 2 aromatic rings. The van der Waals surface area contributed by atoms with Crippen molar-refractivity contribution in [2.45, 2.75) is 39.5 Å². The van der Waals surface area contributed by atoms with E-state index in [4.69, 9.17) is 9.62 Å². The highest BCUT2D eigenvalue weighted by Crippen LogP contribution is 2.13. The van der Waals surface area contributed by atoms with E-state index in [2.05, 4.69) is 36.0 Å². The molecule has 2 aliphatic rings. The second-order valence-corrected chi connectivity index (χ2v) is 6.66. The van der Waals surface area contributed by atoms with E-state index < -0.39 is 0 Å². The average molecular weight is 331 g/mol. The number of hydrogen-bond acceptors (Lipinski definition) is 7. The normalized spacial score (nSPS) is 20.0. The van der Waals surface area contributed by atoms with Gasteiger partial charge in [-0.1, -0.05) is 5.16 Å². The molecule has 4 heterocycles. The molecule has 0 unspecified atom stereocenters. The van der Waals surface area contributed by atoms with Gasteiger partial charge in [0, 0.05) is 52.7 Å². The Bertz CT molecular complexity index is 648. The van der Waals surface area contributed by atoms with E-state index in [0.717, 1.165) is 71.1 Å². The summed E-state index contributed by atoms with van der Waals surface area (Å²) in [5.74, 6) is 1.42. The van der Waals surface area contributed by atoms with Gasteiger partial charge in [-0.2, -0.15) is 10.1 Å². The van der Waals surface area contributed by atoms with Crippen LogP contribution in [0.4, 0.5) is 0 Å². The molecule has 0 atom stereocenters. The van der Waals surface area contributed by atoms with Crippen LogP contribution in [0.1, 0.15) is 29.5 Å². The molecule has 0 bridgehead atoms. The molecule has 24 heavy (non-hydrogen) atoms. The van der Waals surface area contributed by atoms with Crippen LogP contribution in [0.15, 0.2) is 10.6 Å². The first-order chi connectivity index (χ1) is 11.8. The van der Waals surface area contributed by atoms with Gasteiger partial charge in [0.05, 0.1) is 17.9 Å². The third-order valence-corrected chi connectivity index (χ3v) is 4.73. The van der Waals surface area contributed by atoms with Gasteiger partial charge in [0.25, 0.3) is 0 Å². The maximum absolute atomic E-state index is 5.04. The molecule has 1 saturated heterocycles. The number of aromatic nitrogens is 4. The Balaban J connectivity index is 1.28. The van der Waals surface area contributed by atoms with E-state index in [1.807, 2.05) is 6.92 Å². The van der Waals surface area contributed by atoms with Crippen LogP contribution in [-0.2, 0) is 26.2 Å². The van der Waals surface area contributed by atoms with Crippen LogP contribution in [0, 0.1) is 6.92 Å². The van der Waals surface area contributed by atoms with Crippen molar-refractivity contribution >= 4 is 0 Å². The summed E-state index contributed by atoms with van der Waals surface area (Å²) in [6.07, 6.45) is 1.16. The number of fused-ring (bicyclic) bond motifs is 1. The predicted molar refractivity (Wildman–Crippen MR) is 88.1 cm³/mol. The summed E-state index contributed by atoms with van der Waals surface area (Å²) >= 11 is 0. The Kier molecular flexibility index (Phi) is 4.59. The number of nitrogens with one attached hydrogen (secondary N) is 1. The fourth-order valence-corrected chi connectivity index (χ4v) is 3.44. The number of rotatable bonds is 4. The fourth-order valence-electron chi connectivity index (χ4n) is 3.44. The molecule has 0 aromatic carbocycles. The molecule has 0 saturated carbocycles. The average Bonchev–Trinajstić information content (AvgIpc) is 3.09. The van der Waals surface area contributed by atoms with Crippen molar-refractivity contribution in [2.24, 2.45) is 0 Å². The van der Waals surface area contributed by atoms with Crippen molar-refractivity contribution in [1.29, 1.82) is 0 Å². The van der Waals surface area contributed by atoms with Crippen LogP contribution in [0.25, 0.3) is 0 Å². The van der Waals surface area contributed by atoms with E-state index in [-0.39, 0.29) is 0 Å². The van der Waals surface area contributed by atoms with Gasteiger partial charge < -0.3 is 9.84 Å². The highest BCUT2D eigenvalue weighted by Gasteiger charge is 2.20. The Morgan fingerprint density at radius 2 is 1.92 bits per heavy atom. The van der Waals surface area contributed by atoms with Crippen LogP contribution in [0.3, 0.4) is 0 Å². The lowest BCUT2D eigenvalue weighted by atomic mass is 10.2. The lowest BCUT2D eigenvalue weighted by molar-refractivity contribution is 0.118. The van der Waals surface area contributed by atoms with Crippen molar-refractivity contribution in [3.63, 3.8) is 0 Å². The van der Waals surface area contributed by atoms with Gasteiger partial charge in [-0.3, -0.25) is 14.5 Å². The van der Waals surface area contributed by atoms with Crippen LogP contribution < -0.4 is 5.32 Å². The first-order valence-electron chi connectivity index (χ1n) is 8.76. The molecular weight excluding hydrogens is 306 g/mol. The zero-order chi connectivity index (χ0) is 16.4. The molecule has 0 spiro atoms. The first-order valence-corrected chi connectivity index (χ1v) is 8.76. The summed E-state index contributed by atoms with van der Waals surface area (Å²) in [7, 11) is 0. The van der Waals surface area contributed by atoms with Crippen LogP contribution >= 0.6 is 0 Å². The predicted octanol–water partition coefficient (Wildman–Crippen LogP) is 0.386. The lowest BCUT2D eigenvalue weighted by Gasteiger charge is -2.33. The Morgan fingerprint density at radius 3 is 2.67 bits per heavy atom. The van der Waals surface area contributed by atoms with Gasteiger partial charge in [-0.05, 0) is 19.0 Å². The third kappa shape index (κ3) is 3.66. The Hall–Kier alpha value is -1.77. The number of aryl methyl sites for hydroxylation is 2. The van der Waals surface area contributed by atoms with Crippen molar-refractivity contribution in [1.82, 2.24) is 35.0 Å². The van der Waals surface area contributed by atoms with Crippen molar-refractivity contribution in [2.75, 3.05) is 32.7 Å². The summed E-state index contributed by atoms with van der Waals surface area (Å²) in [5, 5.41) is 12.2. The molecule has 2 aliphatic heterocycles. The minimum atomic E-state index is 0.637. The molecule has 0 amide bonds. The highest BCUT2D eigenvalue weighted by atomic mass is 16.5. The third-order valence-electron chi connectivity index (χ3n) is 4.73. The summed E-state index contributed by atoms with van der Waals surface area (Å²) in [6, 6.07) is 2.26. The second-order valence-electron chi connectivity index (χ2n) is 6.66. The number of nitrogens with zero attached hydrogens (tertiary/aromatic N) is 6. The van der Waals surface area contributed by atoms with E-state index in [1.165, 1.54) is 11.4 Å². The molecule has 0 aliphatic carbocycles. The fraction of sp³-hybridized carbons (Fsp3) is 0.688. The minimum absolute atomic E-state index is 0.637. The molecule has 1 N–H and O–H groups in total. The van der Waals surface area contributed by atoms with Crippen LogP contribution in [0.2, 0.25) is 0 Å². The summed E-state index contributed by atoms with van der Waals surface area (Å²) < 4.78 is 7.21. The Morgan fingerprint density at radius 1 is 1.12 bits per heavy atom. The molecular formula is C16H25N7O. The minimum Gasteiger partial charge on any atom is -0.340 e. The molecule has 8 nitrogen and oxygen atoms in total. The summed E-state index contributed by atoms with van der Waals surface area (Å²) in [6.45, 7) is 10.8. The van der Waals surface area contributed by atoms with Gasteiger partial charge in [0.15, 0.2) is 5.82 Å². The molecule has 0 radical (unpaired) electrons. The highest BCUT2D eigenvalue weighted by molar-refractivity contribution is 5.11. The first kappa shape index (κ1) is 15.7. The van der Waals surface area contributed by atoms with Crippen LogP contribution in [0.5, 0.6) is 0 Å². The van der Waals surface area contributed by atoms with Crippen molar-refractivity contribution < 1.29 is 4.52 Å². The zero-order valence-corrected chi connectivity index (χ0v) is 14.2. The van der Waals surface area contributed by atoms with E-state index in [1.54, 1.807) is 0 Å².